The molecule has 2 aromatic carbocycles. The lowest BCUT2D eigenvalue weighted by Crippen LogP contribution is -2.36. The zero-order valence-electron chi connectivity index (χ0n) is 12.9. The molecule has 24 heavy (non-hydrogen) atoms. The van der Waals surface area contributed by atoms with Gasteiger partial charge in [-0.15, -0.1) is 11.8 Å². The first kappa shape index (κ1) is 15.9. The molecule has 1 N–H and O–H groups in total. The topological polar surface area (TPSA) is 20.2 Å². The predicted molar refractivity (Wildman–Crippen MR) is 88.3 cm³/mol. The maximum absolute atomic E-state index is 14.2. The van der Waals surface area contributed by atoms with Crippen LogP contribution in [0.5, 0.6) is 5.75 Å². The van der Waals surface area contributed by atoms with Gasteiger partial charge in [0.05, 0.1) is 0 Å². The van der Waals surface area contributed by atoms with Crippen molar-refractivity contribution < 1.29 is 18.3 Å². The minimum Gasteiger partial charge on any atom is -0.508 e. The number of benzene rings is 2. The van der Waals surface area contributed by atoms with Gasteiger partial charge in [-0.25, -0.2) is 13.2 Å². The van der Waals surface area contributed by atoms with E-state index in [-0.39, 0.29) is 29.7 Å². The van der Waals surface area contributed by atoms with Gasteiger partial charge in [0.2, 0.25) is 5.92 Å². The summed E-state index contributed by atoms with van der Waals surface area (Å²) < 4.78 is 42.1. The average Bonchev–Trinajstić information content (AvgIpc) is 2.72. The highest BCUT2D eigenvalue weighted by Crippen LogP contribution is 2.60. The number of rotatable bonds is 1. The Labute approximate surface area is 142 Å². The summed E-state index contributed by atoms with van der Waals surface area (Å²) in [6.45, 7) is 0. The molecule has 0 bridgehead atoms. The Hall–Kier alpha value is -1.62. The predicted octanol–water partition coefficient (Wildman–Crippen LogP) is 5.50. The van der Waals surface area contributed by atoms with Crippen molar-refractivity contribution in [1.29, 1.82) is 0 Å². The molecule has 0 aromatic heterocycles. The SMILES string of the molecule is Oc1ccc(C23CCCC(F)(F)CC2Sc2cc(F)ccc23)cc1. The van der Waals surface area contributed by atoms with Crippen molar-refractivity contribution in [3.63, 3.8) is 0 Å². The third kappa shape index (κ3) is 2.41. The normalized spacial score (nSPS) is 28.0. The summed E-state index contributed by atoms with van der Waals surface area (Å²) in [5, 5.41) is 9.25. The molecule has 0 spiro atoms. The van der Waals surface area contributed by atoms with Crippen LogP contribution < -0.4 is 0 Å². The lowest BCUT2D eigenvalue weighted by molar-refractivity contribution is -0.0132. The summed E-state index contributed by atoms with van der Waals surface area (Å²) in [6, 6.07) is 11.4. The average molecular weight is 350 g/mol. The summed E-state index contributed by atoms with van der Waals surface area (Å²) >= 11 is 1.37. The molecule has 2 aromatic rings. The smallest absolute Gasteiger partial charge is 0.249 e. The van der Waals surface area contributed by atoms with Crippen LogP contribution in [0, 0.1) is 5.82 Å². The lowest BCUT2D eigenvalue weighted by atomic mass is 9.69. The van der Waals surface area contributed by atoms with Gasteiger partial charge in [-0.1, -0.05) is 18.2 Å². The van der Waals surface area contributed by atoms with Gasteiger partial charge in [0.25, 0.3) is 0 Å². The largest absolute Gasteiger partial charge is 0.508 e. The third-order valence-corrected chi connectivity index (χ3v) is 6.67. The van der Waals surface area contributed by atoms with Crippen LogP contribution in [0.4, 0.5) is 13.2 Å². The maximum Gasteiger partial charge on any atom is 0.249 e. The van der Waals surface area contributed by atoms with Gasteiger partial charge in [0.15, 0.2) is 0 Å². The van der Waals surface area contributed by atoms with Crippen molar-refractivity contribution in [2.24, 2.45) is 0 Å². The number of hydrogen-bond donors (Lipinski definition) is 1. The Bertz CT molecular complexity index is 775. The molecule has 1 aliphatic carbocycles. The molecular formula is C19H17F3OS. The Morgan fingerprint density at radius 1 is 1.04 bits per heavy atom. The summed E-state index contributed by atoms with van der Waals surface area (Å²) in [4.78, 5) is 0.755. The second kappa shape index (κ2) is 5.45. The monoisotopic (exact) mass is 350 g/mol. The van der Waals surface area contributed by atoms with E-state index in [1.54, 1.807) is 18.2 Å². The molecule has 0 saturated heterocycles. The van der Waals surface area contributed by atoms with Crippen LogP contribution in [0.15, 0.2) is 47.4 Å². The van der Waals surface area contributed by atoms with E-state index in [1.165, 1.54) is 23.9 Å². The fourth-order valence-corrected chi connectivity index (χ4v) is 5.92. The number of thioether (sulfide) groups is 1. The number of fused-ring (bicyclic) bond motifs is 3. The number of phenolic OH excluding ortho intramolecular Hbond substituents is 1. The standard InChI is InChI=1S/C19H17F3OS/c20-13-4-7-15-16(10-13)24-17-11-18(21,22)8-1-9-19(15,17)12-2-5-14(23)6-3-12/h2-7,10,17,23H,1,8-9,11H2. The van der Waals surface area contributed by atoms with Crippen molar-refractivity contribution >= 4 is 11.8 Å². The maximum atomic E-state index is 14.2. The second-order valence-corrected chi connectivity index (χ2v) is 7.92. The van der Waals surface area contributed by atoms with Crippen LogP contribution in [-0.2, 0) is 5.41 Å². The molecule has 126 valence electrons. The molecular weight excluding hydrogens is 333 g/mol. The zero-order valence-corrected chi connectivity index (χ0v) is 13.8. The highest BCUT2D eigenvalue weighted by molar-refractivity contribution is 8.00. The minimum absolute atomic E-state index is 0.111. The molecule has 4 rings (SSSR count). The van der Waals surface area contributed by atoms with E-state index in [1.807, 2.05) is 12.1 Å². The van der Waals surface area contributed by atoms with Crippen molar-refractivity contribution in [2.45, 2.75) is 47.2 Å². The van der Waals surface area contributed by atoms with E-state index in [0.29, 0.717) is 12.8 Å². The van der Waals surface area contributed by atoms with E-state index < -0.39 is 11.3 Å². The summed E-state index contributed by atoms with van der Waals surface area (Å²) in [7, 11) is 0. The first-order valence-corrected chi connectivity index (χ1v) is 8.93. The molecule has 1 aliphatic heterocycles. The highest BCUT2D eigenvalue weighted by atomic mass is 32.2. The number of aromatic hydroxyl groups is 1. The van der Waals surface area contributed by atoms with E-state index >= 15 is 0 Å². The fourth-order valence-electron chi connectivity index (χ4n) is 4.14. The number of halogens is 3. The Morgan fingerprint density at radius 2 is 1.79 bits per heavy atom. The summed E-state index contributed by atoms with van der Waals surface area (Å²) in [6.07, 6.45) is 0.695. The Balaban J connectivity index is 1.92. The molecule has 2 unspecified atom stereocenters. The third-order valence-electron chi connectivity index (χ3n) is 5.22. The van der Waals surface area contributed by atoms with Gasteiger partial charge in [0.1, 0.15) is 11.6 Å². The molecule has 0 amide bonds. The van der Waals surface area contributed by atoms with Crippen molar-refractivity contribution in [3.8, 4) is 5.75 Å². The lowest BCUT2D eigenvalue weighted by Gasteiger charge is -2.35. The van der Waals surface area contributed by atoms with Crippen LogP contribution in [0.25, 0.3) is 0 Å². The second-order valence-electron chi connectivity index (χ2n) is 6.68. The molecule has 1 saturated carbocycles. The van der Waals surface area contributed by atoms with E-state index in [2.05, 4.69) is 0 Å². The molecule has 1 heterocycles. The molecule has 1 nitrogen and oxygen atoms in total. The van der Waals surface area contributed by atoms with Gasteiger partial charge >= 0.3 is 0 Å². The summed E-state index contributed by atoms with van der Waals surface area (Å²) in [5.41, 5.74) is 1.30. The van der Waals surface area contributed by atoms with Gasteiger partial charge < -0.3 is 5.11 Å². The number of hydrogen-bond acceptors (Lipinski definition) is 2. The van der Waals surface area contributed by atoms with Gasteiger partial charge in [-0.2, -0.15) is 0 Å². The zero-order chi connectivity index (χ0) is 16.9. The molecule has 5 heteroatoms. The van der Waals surface area contributed by atoms with Crippen molar-refractivity contribution in [2.75, 3.05) is 0 Å². The Kier molecular flexibility index (Phi) is 3.60. The van der Waals surface area contributed by atoms with E-state index in [0.717, 1.165) is 16.0 Å². The summed E-state index contributed by atoms with van der Waals surface area (Å²) in [5.74, 6) is -2.89. The van der Waals surface area contributed by atoms with Crippen LogP contribution >= 0.6 is 11.8 Å². The van der Waals surface area contributed by atoms with Crippen LogP contribution in [0.3, 0.4) is 0 Å². The first-order chi connectivity index (χ1) is 11.4. The van der Waals surface area contributed by atoms with Crippen molar-refractivity contribution in [1.82, 2.24) is 0 Å². The number of alkyl halides is 2. The van der Waals surface area contributed by atoms with Gasteiger partial charge in [-0.3, -0.25) is 0 Å². The highest BCUT2D eigenvalue weighted by Gasteiger charge is 2.53. The first-order valence-electron chi connectivity index (χ1n) is 8.05. The van der Waals surface area contributed by atoms with Gasteiger partial charge in [0, 0.05) is 28.4 Å². The molecule has 2 atom stereocenters. The van der Waals surface area contributed by atoms with Gasteiger partial charge in [-0.05, 0) is 48.2 Å². The van der Waals surface area contributed by atoms with E-state index in [4.69, 9.17) is 0 Å². The molecule has 2 aliphatic rings. The molecule has 0 radical (unpaired) electrons. The minimum atomic E-state index is -2.70. The quantitative estimate of drug-likeness (QED) is 0.733. The van der Waals surface area contributed by atoms with E-state index in [9.17, 15) is 18.3 Å². The fraction of sp³-hybridized carbons (Fsp3) is 0.368. The number of phenols is 1. The van der Waals surface area contributed by atoms with Crippen LogP contribution in [0.2, 0.25) is 0 Å². The van der Waals surface area contributed by atoms with Crippen molar-refractivity contribution in [3.05, 3.63) is 59.4 Å². The van der Waals surface area contributed by atoms with Crippen LogP contribution in [-0.4, -0.2) is 16.3 Å². The van der Waals surface area contributed by atoms with Crippen LogP contribution in [0.1, 0.15) is 36.8 Å². The molecule has 1 fully saturated rings. The Morgan fingerprint density at radius 3 is 2.54 bits per heavy atom.